The van der Waals surface area contributed by atoms with Crippen molar-refractivity contribution in [3.63, 3.8) is 0 Å². The summed E-state index contributed by atoms with van der Waals surface area (Å²) in [5, 5.41) is 2.89. The molecule has 8 heteroatoms. The first kappa shape index (κ1) is 20.7. The molecule has 3 heterocycles. The van der Waals surface area contributed by atoms with Crippen molar-refractivity contribution < 1.29 is 18.0 Å². The second-order valence-electron chi connectivity index (χ2n) is 7.87. The monoisotopic (exact) mass is 418 g/mol. The highest BCUT2D eigenvalue weighted by Crippen LogP contribution is 2.32. The van der Waals surface area contributed by atoms with Gasteiger partial charge in [-0.2, -0.15) is 13.2 Å². The summed E-state index contributed by atoms with van der Waals surface area (Å²) in [5.41, 5.74) is -0.139. The highest BCUT2D eigenvalue weighted by atomic mass is 19.4. The van der Waals surface area contributed by atoms with E-state index in [-0.39, 0.29) is 17.4 Å². The third-order valence-electron chi connectivity index (χ3n) is 5.90. The molecule has 2 fully saturated rings. The fourth-order valence-corrected chi connectivity index (χ4v) is 4.30. The van der Waals surface area contributed by atoms with Gasteiger partial charge in [0.25, 0.3) is 5.91 Å². The number of nitrogens with zero attached hydrogens (tertiary/aromatic N) is 3. The van der Waals surface area contributed by atoms with E-state index in [0.29, 0.717) is 24.7 Å². The number of halogens is 3. The lowest BCUT2D eigenvalue weighted by Gasteiger charge is -2.36. The molecule has 2 aliphatic heterocycles. The fraction of sp³-hybridized carbons (Fsp3) is 0.455. The van der Waals surface area contributed by atoms with Crippen molar-refractivity contribution in [3.05, 3.63) is 53.7 Å². The van der Waals surface area contributed by atoms with E-state index in [0.717, 1.165) is 38.1 Å². The minimum atomic E-state index is -4.43. The number of piperidine rings is 1. The lowest BCUT2D eigenvalue weighted by molar-refractivity contribution is -0.137. The Kier molecular flexibility index (Phi) is 5.94. The standard InChI is InChI=1S/C22H25F3N4O/c23-22(24,25)16-5-3-6-17(15-16)27-20-19(7-4-10-26-20)21(30)29-13-8-18(9-14-29)28-11-1-2-12-28/h3-7,10,15,18H,1-2,8-9,11-14H2,(H,26,27). The van der Waals surface area contributed by atoms with Gasteiger partial charge in [0.05, 0.1) is 11.1 Å². The van der Waals surface area contributed by atoms with E-state index in [1.54, 1.807) is 12.1 Å². The summed E-state index contributed by atoms with van der Waals surface area (Å²) < 4.78 is 39.0. The first-order chi connectivity index (χ1) is 14.4. The van der Waals surface area contributed by atoms with Crippen LogP contribution in [0, 0.1) is 0 Å². The van der Waals surface area contributed by atoms with Crippen molar-refractivity contribution in [2.45, 2.75) is 37.9 Å². The normalized spacial score (nSPS) is 18.6. The zero-order chi connectivity index (χ0) is 21.1. The molecular formula is C22H25F3N4O. The van der Waals surface area contributed by atoms with Gasteiger partial charge in [-0.05, 0) is 69.1 Å². The molecule has 5 nitrogen and oxygen atoms in total. The van der Waals surface area contributed by atoms with Gasteiger partial charge in [-0.3, -0.25) is 4.79 Å². The Morgan fingerprint density at radius 2 is 1.77 bits per heavy atom. The second-order valence-corrected chi connectivity index (χ2v) is 7.87. The lowest BCUT2D eigenvalue weighted by Crippen LogP contribution is -2.46. The summed E-state index contributed by atoms with van der Waals surface area (Å²) in [6.07, 6.45) is 1.48. The number of rotatable bonds is 4. The van der Waals surface area contributed by atoms with Gasteiger partial charge in [-0.1, -0.05) is 6.07 Å². The average molecular weight is 418 g/mol. The van der Waals surface area contributed by atoms with Crippen molar-refractivity contribution in [1.29, 1.82) is 0 Å². The summed E-state index contributed by atoms with van der Waals surface area (Å²) in [6.45, 7) is 3.65. The van der Waals surface area contributed by atoms with Gasteiger partial charge in [0, 0.05) is 31.0 Å². The average Bonchev–Trinajstić information content (AvgIpc) is 3.28. The van der Waals surface area contributed by atoms with E-state index in [2.05, 4.69) is 15.2 Å². The highest BCUT2D eigenvalue weighted by Gasteiger charge is 2.31. The van der Waals surface area contributed by atoms with Crippen LogP contribution >= 0.6 is 0 Å². The Labute approximate surface area is 173 Å². The Bertz CT molecular complexity index is 888. The SMILES string of the molecule is O=C(c1cccnc1Nc1cccc(C(F)(F)F)c1)N1CCC(N2CCCC2)CC1. The number of alkyl halides is 3. The van der Waals surface area contributed by atoms with E-state index in [1.165, 1.54) is 31.2 Å². The van der Waals surface area contributed by atoms with Crippen LogP contribution < -0.4 is 5.32 Å². The summed E-state index contributed by atoms with van der Waals surface area (Å²) in [6, 6.07) is 8.76. The quantitative estimate of drug-likeness (QED) is 0.792. The van der Waals surface area contributed by atoms with Crippen LogP contribution in [0.3, 0.4) is 0 Å². The predicted octanol–water partition coefficient (Wildman–Crippen LogP) is 4.54. The molecule has 2 saturated heterocycles. The highest BCUT2D eigenvalue weighted by molar-refractivity contribution is 5.99. The molecule has 2 aliphatic rings. The molecule has 160 valence electrons. The number of hydrogen-bond donors (Lipinski definition) is 1. The number of hydrogen-bond acceptors (Lipinski definition) is 4. The minimum Gasteiger partial charge on any atom is -0.340 e. The maximum atomic E-state index is 13.1. The topological polar surface area (TPSA) is 48.5 Å². The Hall–Kier alpha value is -2.61. The zero-order valence-electron chi connectivity index (χ0n) is 16.7. The summed E-state index contributed by atoms with van der Waals surface area (Å²) in [7, 11) is 0. The number of aromatic nitrogens is 1. The molecule has 0 bridgehead atoms. The number of amides is 1. The molecule has 1 aromatic carbocycles. The Morgan fingerprint density at radius 3 is 2.47 bits per heavy atom. The number of likely N-dealkylation sites (tertiary alicyclic amines) is 2. The molecule has 0 unspecified atom stereocenters. The molecule has 4 rings (SSSR count). The molecule has 0 radical (unpaired) electrons. The molecular weight excluding hydrogens is 393 g/mol. The van der Waals surface area contributed by atoms with Gasteiger partial charge in [0.2, 0.25) is 0 Å². The Morgan fingerprint density at radius 1 is 1.03 bits per heavy atom. The lowest BCUT2D eigenvalue weighted by atomic mass is 10.0. The van der Waals surface area contributed by atoms with Crippen LogP contribution in [-0.4, -0.2) is 52.9 Å². The van der Waals surface area contributed by atoms with E-state index in [9.17, 15) is 18.0 Å². The van der Waals surface area contributed by atoms with E-state index in [1.807, 2.05) is 4.90 Å². The molecule has 0 aliphatic carbocycles. The van der Waals surface area contributed by atoms with Crippen LogP contribution in [0.2, 0.25) is 0 Å². The van der Waals surface area contributed by atoms with Gasteiger partial charge >= 0.3 is 6.18 Å². The molecule has 30 heavy (non-hydrogen) atoms. The van der Waals surface area contributed by atoms with E-state index < -0.39 is 11.7 Å². The third-order valence-corrected chi connectivity index (χ3v) is 5.90. The van der Waals surface area contributed by atoms with Gasteiger partial charge in [0.15, 0.2) is 0 Å². The number of carbonyl (C=O) groups is 1. The molecule has 0 atom stereocenters. The number of anilines is 2. The molecule has 0 spiro atoms. The minimum absolute atomic E-state index is 0.141. The summed E-state index contributed by atoms with van der Waals surface area (Å²) >= 11 is 0. The van der Waals surface area contributed by atoms with Crippen LogP contribution in [0.5, 0.6) is 0 Å². The van der Waals surface area contributed by atoms with Crippen LogP contribution in [0.15, 0.2) is 42.6 Å². The van der Waals surface area contributed by atoms with Crippen LogP contribution in [-0.2, 0) is 6.18 Å². The maximum absolute atomic E-state index is 13.1. The van der Waals surface area contributed by atoms with E-state index >= 15 is 0 Å². The predicted molar refractivity (Wildman–Crippen MR) is 109 cm³/mol. The smallest absolute Gasteiger partial charge is 0.340 e. The molecule has 1 aromatic heterocycles. The molecule has 1 N–H and O–H groups in total. The number of carbonyl (C=O) groups excluding carboxylic acids is 1. The van der Waals surface area contributed by atoms with Crippen molar-refractivity contribution in [3.8, 4) is 0 Å². The van der Waals surface area contributed by atoms with Gasteiger partial charge < -0.3 is 15.1 Å². The first-order valence-corrected chi connectivity index (χ1v) is 10.3. The number of pyridine rings is 1. The molecule has 1 amide bonds. The summed E-state index contributed by atoms with van der Waals surface area (Å²) in [4.78, 5) is 21.7. The van der Waals surface area contributed by atoms with Crippen molar-refractivity contribution in [1.82, 2.24) is 14.8 Å². The van der Waals surface area contributed by atoms with Gasteiger partial charge in [-0.25, -0.2) is 4.98 Å². The van der Waals surface area contributed by atoms with Crippen molar-refractivity contribution in [2.75, 3.05) is 31.5 Å². The van der Waals surface area contributed by atoms with E-state index in [4.69, 9.17) is 0 Å². The number of benzene rings is 1. The Balaban J connectivity index is 1.46. The molecule has 0 saturated carbocycles. The zero-order valence-corrected chi connectivity index (χ0v) is 16.7. The number of nitrogens with one attached hydrogen (secondary N) is 1. The van der Waals surface area contributed by atoms with Crippen LogP contribution in [0.4, 0.5) is 24.7 Å². The fourth-order valence-electron chi connectivity index (χ4n) is 4.30. The maximum Gasteiger partial charge on any atom is 0.416 e. The summed E-state index contributed by atoms with van der Waals surface area (Å²) in [5.74, 6) is 0.126. The first-order valence-electron chi connectivity index (χ1n) is 10.3. The van der Waals surface area contributed by atoms with Crippen LogP contribution in [0.25, 0.3) is 0 Å². The molecule has 2 aromatic rings. The largest absolute Gasteiger partial charge is 0.416 e. The van der Waals surface area contributed by atoms with Gasteiger partial charge in [-0.15, -0.1) is 0 Å². The second kappa shape index (κ2) is 8.63. The van der Waals surface area contributed by atoms with Crippen molar-refractivity contribution in [2.24, 2.45) is 0 Å². The van der Waals surface area contributed by atoms with Crippen molar-refractivity contribution >= 4 is 17.4 Å². The van der Waals surface area contributed by atoms with Gasteiger partial charge in [0.1, 0.15) is 5.82 Å². The third kappa shape index (κ3) is 4.59. The van der Waals surface area contributed by atoms with Crippen LogP contribution in [0.1, 0.15) is 41.6 Å².